The van der Waals surface area contributed by atoms with Gasteiger partial charge in [0.2, 0.25) is 0 Å². The molecule has 2 N–H and O–H groups in total. The maximum Gasteiger partial charge on any atom is 0.417 e. The van der Waals surface area contributed by atoms with Gasteiger partial charge in [0.1, 0.15) is 5.82 Å². The van der Waals surface area contributed by atoms with Crippen LogP contribution >= 0.6 is 0 Å². The summed E-state index contributed by atoms with van der Waals surface area (Å²) in [4.78, 5) is 14.0. The minimum Gasteiger partial charge on any atom is -0.481 e. The van der Waals surface area contributed by atoms with Crippen LogP contribution in [0, 0.1) is 0 Å². The summed E-state index contributed by atoms with van der Waals surface area (Å²) >= 11 is 0. The van der Waals surface area contributed by atoms with Crippen LogP contribution in [0.1, 0.15) is 37.7 Å². The standard InChI is InChI=1S/C13H17F3N2O2/c14-13(15,16)10-6-7-11(18-9-10)17-8-4-2-1-3-5-12(19)20/h6-7,9H,1-5,8H2,(H,17,18)(H,19,20). The van der Waals surface area contributed by atoms with Crippen molar-refractivity contribution in [3.63, 3.8) is 0 Å². The molecule has 0 saturated carbocycles. The van der Waals surface area contributed by atoms with Crippen LogP contribution in [0.25, 0.3) is 0 Å². The van der Waals surface area contributed by atoms with E-state index in [1.54, 1.807) is 0 Å². The molecule has 0 bridgehead atoms. The zero-order valence-corrected chi connectivity index (χ0v) is 10.9. The molecule has 1 aromatic heterocycles. The van der Waals surface area contributed by atoms with E-state index in [2.05, 4.69) is 10.3 Å². The molecule has 0 atom stereocenters. The Labute approximate surface area is 115 Å². The Kier molecular flexibility index (Phi) is 6.27. The second kappa shape index (κ2) is 7.72. The van der Waals surface area contributed by atoms with Gasteiger partial charge in [-0.1, -0.05) is 12.8 Å². The Morgan fingerprint density at radius 3 is 2.45 bits per heavy atom. The van der Waals surface area contributed by atoms with Gasteiger partial charge in [-0.15, -0.1) is 0 Å². The van der Waals surface area contributed by atoms with Crippen molar-refractivity contribution in [1.29, 1.82) is 0 Å². The summed E-state index contributed by atoms with van der Waals surface area (Å²) in [5.41, 5.74) is -0.767. The van der Waals surface area contributed by atoms with Gasteiger partial charge in [-0.2, -0.15) is 13.2 Å². The molecular weight excluding hydrogens is 273 g/mol. The number of halogens is 3. The van der Waals surface area contributed by atoms with Gasteiger partial charge in [0, 0.05) is 19.2 Å². The fourth-order valence-electron chi connectivity index (χ4n) is 1.64. The van der Waals surface area contributed by atoms with Crippen molar-refractivity contribution in [2.24, 2.45) is 0 Å². The van der Waals surface area contributed by atoms with Crippen molar-refractivity contribution in [3.05, 3.63) is 23.9 Å². The molecular formula is C13H17F3N2O2. The molecule has 0 spiro atoms. The first kappa shape index (κ1) is 16.3. The van der Waals surface area contributed by atoms with Gasteiger partial charge in [0.05, 0.1) is 5.56 Å². The monoisotopic (exact) mass is 290 g/mol. The number of hydrogen-bond acceptors (Lipinski definition) is 3. The van der Waals surface area contributed by atoms with Gasteiger partial charge < -0.3 is 10.4 Å². The van der Waals surface area contributed by atoms with Crippen LogP contribution in [0.3, 0.4) is 0 Å². The SMILES string of the molecule is O=C(O)CCCCCCNc1ccc(C(F)(F)F)cn1. The number of pyridine rings is 1. The van der Waals surface area contributed by atoms with E-state index in [9.17, 15) is 18.0 Å². The summed E-state index contributed by atoms with van der Waals surface area (Å²) in [5, 5.41) is 11.4. The van der Waals surface area contributed by atoms with Gasteiger partial charge in [0.25, 0.3) is 0 Å². The molecule has 0 amide bonds. The molecule has 0 aliphatic heterocycles. The number of rotatable bonds is 8. The third-order valence-electron chi connectivity index (χ3n) is 2.71. The van der Waals surface area contributed by atoms with E-state index < -0.39 is 17.7 Å². The zero-order chi connectivity index (χ0) is 15.0. The molecule has 0 aliphatic rings. The van der Waals surface area contributed by atoms with Crippen molar-refractivity contribution in [1.82, 2.24) is 4.98 Å². The summed E-state index contributed by atoms with van der Waals surface area (Å²) < 4.78 is 36.9. The van der Waals surface area contributed by atoms with Crippen molar-refractivity contribution in [2.75, 3.05) is 11.9 Å². The van der Waals surface area contributed by atoms with Gasteiger partial charge in [-0.05, 0) is 25.0 Å². The van der Waals surface area contributed by atoms with Crippen LogP contribution in [0.4, 0.5) is 19.0 Å². The number of aliphatic carboxylic acids is 1. The number of unbranched alkanes of at least 4 members (excludes halogenated alkanes) is 3. The maximum absolute atomic E-state index is 12.3. The third kappa shape index (κ3) is 6.40. The van der Waals surface area contributed by atoms with E-state index in [0.717, 1.165) is 31.5 Å². The molecule has 0 unspecified atom stereocenters. The number of nitrogens with zero attached hydrogens (tertiary/aromatic N) is 1. The molecule has 20 heavy (non-hydrogen) atoms. The maximum atomic E-state index is 12.3. The van der Waals surface area contributed by atoms with E-state index in [-0.39, 0.29) is 6.42 Å². The summed E-state index contributed by atoms with van der Waals surface area (Å²) in [7, 11) is 0. The molecule has 0 saturated heterocycles. The number of carboxylic acids is 1. The number of nitrogens with one attached hydrogen (secondary N) is 1. The number of carboxylic acid groups (broad SMARTS) is 1. The third-order valence-corrected chi connectivity index (χ3v) is 2.71. The highest BCUT2D eigenvalue weighted by atomic mass is 19.4. The minimum absolute atomic E-state index is 0.174. The Bertz CT molecular complexity index is 419. The molecule has 4 nitrogen and oxygen atoms in total. The fourth-order valence-corrected chi connectivity index (χ4v) is 1.64. The first-order valence-corrected chi connectivity index (χ1v) is 6.38. The lowest BCUT2D eigenvalue weighted by atomic mass is 10.1. The number of carbonyl (C=O) groups is 1. The molecule has 0 aromatic carbocycles. The molecule has 0 aliphatic carbocycles. The Morgan fingerprint density at radius 1 is 1.20 bits per heavy atom. The Balaban J connectivity index is 2.18. The lowest BCUT2D eigenvalue weighted by Gasteiger charge is -2.08. The van der Waals surface area contributed by atoms with Crippen LogP contribution in [-0.4, -0.2) is 22.6 Å². The Hall–Kier alpha value is -1.79. The average molecular weight is 290 g/mol. The topological polar surface area (TPSA) is 62.2 Å². The smallest absolute Gasteiger partial charge is 0.417 e. The van der Waals surface area contributed by atoms with Crippen molar-refractivity contribution in [2.45, 2.75) is 38.3 Å². The second-order valence-corrected chi connectivity index (χ2v) is 4.41. The quantitative estimate of drug-likeness (QED) is 0.719. The van der Waals surface area contributed by atoms with Crippen LogP contribution in [-0.2, 0) is 11.0 Å². The lowest BCUT2D eigenvalue weighted by Crippen LogP contribution is -2.07. The zero-order valence-electron chi connectivity index (χ0n) is 10.9. The molecule has 7 heteroatoms. The van der Waals surface area contributed by atoms with Crippen molar-refractivity contribution in [3.8, 4) is 0 Å². The fraction of sp³-hybridized carbons (Fsp3) is 0.538. The predicted molar refractivity (Wildman–Crippen MR) is 68.4 cm³/mol. The summed E-state index contributed by atoms with van der Waals surface area (Å²) in [6, 6.07) is 2.29. The largest absolute Gasteiger partial charge is 0.481 e. The van der Waals surface area contributed by atoms with Gasteiger partial charge >= 0.3 is 12.1 Å². The van der Waals surface area contributed by atoms with E-state index in [1.165, 1.54) is 6.07 Å². The normalized spacial score (nSPS) is 11.3. The number of alkyl halides is 3. The highest BCUT2D eigenvalue weighted by Crippen LogP contribution is 2.28. The van der Waals surface area contributed by atoms with E-state index >= 15 is 0 Å². The molecule has 112 valence electrons. The lowest BCUT2D eigenvalue weighted by molar-refractivity contribution is -0.138. The van der Waals surface area contributed by atoms with Crippen LogP contribution < -0.4 is 5.32 Å². The predicted octanol–water partition coefficient (Wildman–Crippen LogP) is 3.55. The highest BCUT2D eigenvalue weighted by molar-refractivity contribution is 5.66. The molecule has 1 heterocycles. The summed E-state index contributed by atoms with van der Waals surface area (Å²) in [6.07, 6.45) is -0.218. The van der Waals surface area contributed by atoms with Crippen molar-refractivity contribution >= 4 is 11.8 Å². The number of anilines is 1. The Morgan fingerprint density at radius 2 is 1.90 bits per heavy atom. The second-order valence-electron chi connectivity index (χ2n) is 4.41. The van der Waals surface area contributed by atoms with Crippen LogP contribution in [0.2, 0.25) is 0 Å². The molecule has 0 fully saturated rings. The van der Waals surface area contributed by atoms with Gasteiger partial charge in [-0.25, -0.2) is 4.98 Å². The first-order valence-electron chi connectivity index (χ1n) is 6.38. The van der Waals surface area contributed by atoms with E-state index in [0.29, 0.717) is 18.8 Å². The number of aromatic nitrogens is 1. The highest BCUT2D eigenvalue weighted by Gasteiger charge is 2.30. The first-order chi connectivity index (χ1) is 9.39. The summed E-state index contributed by atoms with van der Waals surface area (Å²) in [6.45, 7) is 0.603. The number of hydrogen-bond donors (Lipinski definition) is 2. The van der Waals surface area contributed by atoms with Crippen LogP contribution in [0.5, 0.6) is 0 Å². The molecule has 1 rings (SSSR count). The van der Waals surface area contributed by atoms with E-state index in [4.69, 9.17) is 5.11 Å². The summed E-state index contributed by atoms with van der Waals surface area (Å²) in [5.74, 6) is -0.388. The van der Waals surface area contributed by atoms with Crippen molar-refractivity contribution < 1.29 is 23.1 Å². The van der Waals surface area contributed by atoms with Gasteiger partial charge in [-0.3, -0.25) is 4.79 Å². The minimum atomic E-state index is -4.37. The molecule has 1 aromatic rings. The average Bonchev–Trinajstić information content (AvgIpc) is 2.37. The molecule has 0 radical (unpaired) electrons. The van der Waals surface area contributed by atoms with E-state index in [1.807, 2.05) is 0 Å². The van der Waals surface area contributed by atoms with Crippen LogP contribution in [0.15, 0.2) is 18.3 Å². The van der Waals surface area contributed by atoms with Gasteiger partial charge in [0.15, 0.2) is 0 Å².